The van der Waals surface area contributed by atoms with Gasteiger partial charge in [-0.15, -0.1) is 0 Å². The lowest BCUT2D eigenvalue weighted by Gasteiger charge is -2.21. The monoisotopic (exact) mass is 445 g/mol. The van der Waals surface area contributed by atoms with Crippen LogP contribution in [0.25, 0.3) is 16.9 Å². The number of rotatable bonds is 6. The van der Waals surface area contributed by atoms with E-state index < -0.39 is 11.5 Å². The van der Waals surface area contributed by atoms with E-state index in [1.54, 1.807) is 56.7 Å². The SMILES string of the molecule is COc1ccc(-c2c(C(O)(C#N)C(N)=O)c3c(n2-c2ccc(OC)cc2)CCCC3=O)cc1. The minimum Gasteiger partial charge on any atom is -0.497 e. The van der Waals surface area contributed by atoms with Gasteiger partial charge in [0.2, 0.25) is 0 Å². The molecule has 3 N–H and O–H groups in total. The molecule has 1 aromatic heterocycles. The van der Waals surface area contributed by atoms with E-state index in [0.29, 0.717) is 47.0 Å². The Kier molecular flexibility index (Phi) is 5.66. The molecule has 0 saturated carbocycles. The molecule has 8 nitrogen and oxygen atoms in total. The summed E-state index contributed by atoms with van der Waals surface area (Å²) >= 11 is 0. The Labute approximate surface area is 190 Å². The predicted octanol–water partition coefficient (Wildman–Crippen LogP) is 2.88. The van der Waals surface area contributed by atoms with E-state index in [-0.39, 0.29) is 23.3 Å². The normalized spacial score (nSPS) is 14.7. The molecule has 0 aliphatic heterocycles. The summed E-state index contributed by atoms with van der Waals surface area (Å²) in [5, 5.41) is 21.0. The molecule has 1 aliphatic rings. The van der Waals surface area contributed by atoms with Crippen molar-refractivity contribution in [1.29, 1.82) is 5.26 Å². The fourth-order valence-electron chi connectivity index (χ4n) is 4.32. The summed E-state index contributed by atoms with van der Waals surface area (Å²) in [5.41, 5.74) is 5.14. The van der Waals surface area contributed by atoms with Gasteiger partial charge in [-0.25, -0.2) is 0 Å². The maximum Gasteiger partial charge on any atom is 0.269 e. The van der Waals surface area contributed by atoms with Crippen molar-refractivity contribution in [2.24, 2.45) is 5.73 Å². The van der Waals surface area contributed by atoms with Gasteiger partial charge in [-0.05, 0) is 66.9 Å². The van der Waals surface area contributed by atoms with Gasteiger partial charge in [-0.1, -0.05) is 0 Å². The second-order valence-corrected chi connectivity index (χ2v) is 7.77. The van der Waals surface area contributed by atoms with Crippen molar-refractivity contribution in [1.82, 2.24) is 4.57 Å². The van der Waals surface area contributed by atoms with Crippen LogP contribution >= 0.6 is 0 Å². The van der Waals surface area contributed by atoms with Gasteiger partial charge in [-0.3, -0.25) is 9.59 Å². The molecule has 0 saturated heterocycles. The molecule has 1 aliphatic carbocycles. The smallest absolute Gasteiger partial charge is 0.269 e. The third-order valence-corrected chi connectivity index (χ3v) is 5.94. The zero-order chi connectivity index (χ0) is 23.8. The molecule has 168 valence electrons. The van der Waals surface area contributed by atoms with E-state index in [1.165, 1.54) is 0 Å². The summed E-state index contributed by atoms with van der Waals surface area (Å²) in [4.78, 5) is 25.4. The van der Waals surface area contributed by atoms with Gasteiger partial charge in [-0.2, -0.15) is 5.26 Å². The maximum absolute atomic E-state index is 13.1. The lowest BCUT2D eigenvalue weighted by atomic mass is 9.84. The van der Waals surface area contributed by atoms with E-state index in [9.17, 15) is 20.0 Å². The minimum absolute atomic E-state index is 0.0850. The molecule has 0 fully saturated rings. The van der Waals surface area contributed by atoms with E-state index in [1.807, 2.05) is 16.7 Å². The summed E-state index contributed by atoms with van der Waals surface area (Å²) in [7, 11) is 3.10. The summed E-state index contributed by atoms with van der Waals surface area (Å²) in [6, 6.07) is 15.7. The molecule has 1 amide bonds. The van der Waals surface area contributed by atoms with Gasteiger partial charge in [0.1, 0.15) is 17.6 Å². The third kappa shape index (κ3) is 3.52. The molecule has 2 aromatic carbocycles. The number of hydrogen-bond acceptors (Lipinski definition) is 6. The fraction of sp³-hybridized carbons (Fsp3) is 0.240. The van der Waals surface area contributed by atoms with Crippen LogP contribution in [0.15, 0.2) is 48.5 Å². The molecule has 33 heavy (non-hydrogen) atoms. The van der Waals surface area contributed by atoms with Crippen LogP contribution in [0, 0.1) is 11.3 Å². The third-order valence-electron chi connectivity index (χ3n) is 5.94. The maximum atomic E-state index is 13.1. The van der Waals surface area contributed by atoms with Gasteiger partial charge in [0.25, 0.3) is 11.5 Å². The summed E-state index contributed by atoms with van der Waals surface area (Å²) in [6.07, 6.45) is 1.38. The first-order valence-corrected chi connectivity index (χ1v) is 10.4. The lowest BCUT2D eigenvalue weighted by molar-refractivity contribution is -0.131. The molecule has 4 rings (SSSR count). The highest BCUT2D eigenvalue weighted by Gasteiger charge is 2.46. The number of primary amides is 1. The van der Waals surface area contributed by atoms with E-state index in [0.717, 1.165) is 0 Å². The number of aliphatic hydroxyl groups is 1. The molecule has 0 radical (unpaired) electrons. The molecule has 3 aromatic rings. The number of carbonyl (C=O) groups is 2. The first-order valence-electron chi connectivity index (χ1n) is 10.4. The minimum atomic E-state index is -2.69. The topological polar surface area (TPSA) is 128 Å². The first kappa shape index (κ1) is 22.1. The zero-order valence-corrected chi connectivity index (χ0v) is 18.3. The number of nitrogens with zero attached hydrogens (tertiary/aromatic N) is 2. The van der Waals surface area contributed by atoms with Crippen LogP contribution in [0.3, 0.4) is 0 Å². The van der Waals surface area contributed by atoms with Crippen molar-refractivity contribution < 1.29 is 24.2 Å². The van der Waals surface area contributed by atoms with Crippen LogP contribution in [-0.4, -0.2) is 35.6 Å². The molecule has 1 unspecified atom stereocenters. The number of methoxy groups -OCH3 is 2. The van der Waals surface area contributed by atoms with Gasteiger partial charge >= 0.3 is 0 Å². The average Bonchev–Trinajstić information content (AvgIpc) is 3.20. The number of fused-ring (bicyclic) bond motifs is 1. The Morgan fingerprint density at radius 3 is 2.15 bits per heavy atom. The number of ketones is 1. The molecule has 8 heteroatoms. The summed E-state index contributed by atoms with van der Waals surface area (Å²) in [5.74, 6) is -0.238. The number of hydrogen-bond donors (Lipinski definition) is 2. The molecule has 1 atom stereocenters. The number of benzene rings is 2. The highest BCUT2D eigenvalue weighted by Crippen LogP contribution is 2.43. The number of nitrogens with two attached hydrogens (primary N) is 1. The summed E-state index contributed by atoms with van der Waals surface area (Å²) < 4.78 is 12.3. The van der Waals surface area contributed by atoms with Gasteiger partial charge in [0, 0.05) is 28.9 Å². The lowest BCUT2D eigenvalue weighted by Crippen LogP contribution is -2.41. The number of Topliss-reactive ketones (excluding diaryl/α,β-unsaturated/α-hetero) is 1. The van der Waals surface area contributed by atoms with Gasteiger partial charge in [0.05, 0.1) is 19.9 Å². The van der Waals surface area contributed by atoms with Gasteiger partial charge < -0.3 is 24.9 Å². The molecular formula is C25H23N3O5. The number of aromatic nitrogens is 1. The standard InChI is InChI=1S/C25H23N3O5/c1-32-17-10-6-15(7-11-17)23-22(25(31,14-26)24(27)30)21-19(4-3-5-20(21)29)28(23)16-8-12-18(33-2)13-9-16/h6-13,31H,3-5H2,1-2H3,(H2,27,30). The van der Waals surface area contributed by atoms with Crippen LogP contribution in [0.2, 0.25) is 0 Å². The van der Waals surface area contributed by atoms with Crippen molar-refractivity contribution in [3.8, 4) is 34.5 Å². The number of ether oxygens (including phenoxy) is 2. The second kappa shape index (κ2) is 8.45. The Hall–Kier alpha value is -4.09. The van der Waals surface area contributed by atoms with E-state index in [2.05, 4.69) is 0 Å². The molecular weight excluding hydrogens is 422 g/mol. The summed E-state index contributed by atoms with van der Waals surface area (Å²) in [6.45, 7) is 0. The van der Waals surface area contributed by atoms with Crippen molar-refractivity contribution in [2.45, 2.75) is 24.9 Å². The number of carbonyl (C=O) groups excluding carboxylic acids is 2. The molecule has 1 heterocycles. The van der Waals surface area contributed by atoms with Crippen molar-refractivity contribution in [3.05, 3.63) is 65.4 Å². The molecule has 0 spiro atoms. The molecule has 0 bridgehead atoms. The van der Waals surface area contributed by atoms with Gasteiger partial charge in [0.15, 0.2) is 5.78 Å². The fourth-order valence-corrected chi connectivity index (χ4v) is 4.32. The highest BCUT2D eigenvalue weighted by molar-refractivity contribution is 6.05. The van der Waals surface area contributed by atoms with Crippen molar-refractivity contribution >= 4 is 11.7 Å². The quantitative estimate of drug-likeness (QED) is 0.562. The van der Waals surface area contributed by atoms with Crippen molar-refractivity contribution in [3.63, 3.8) is 0 Å². The van der Waals surface area contributed by atoms with Crippen LogP contribution in [0.1, 0.15) is 34.5 Å². The van der Waals surface area contributed by atoms with Crippen LogP contribution in [-0.2, 0) is 16.8 Å². The number of amides is 1. The van der Waals surface area contributed by atoms with Crippen molar-refractivity contribution in [2.75, 3.05) is 14.2 Å². The van der Waals surface area contributed by atoms with E-state index >= 15 is 0 Å². The average molecular weight is 445 g/mol. The zero-order valence-electron chi connectivity index (χ0n) is 18.3. The van der Waals surface area contributed by atoms with Crippen LogP contribution in [0.5, 0.6) is 11.5 Å². The Bertz CT molecular complexity index is 1270. The highest BCUT2D eigenvalue weighted by atomic mass is 16.5. The van der Waals surface area contributed by atoms with Crippen LogP contribution in [0.4, 0.5) is 0 Å². The Morgan fingerprint density at radius 2 is 1.64 bits per heavy atom. The Balaban J connectivity index is 2.15. The second-order valence-electron chi connectivity index (χ2n) is 7.77. The van der Waals surface area contributed by atoms with Crippen LogP contribution < -0.4 is 15.2 Å². The Morgan fingerprint density at radius 1 is 1.06 bits per heavy atom. The number of nitriles is 1. The van der Waals surface area contributed by atoms with E-state index in [4.69, 9.17) is 15.2 Å². The first-order chi connectivity index (χ1) is 15.8. The largest absolute Gasteiger partial charge is 0.497 e. The predicted molar refractivity (Wildman–Crippen MR) is 120 cm³/mol.